The highest BCUT2D eigenvalue weighted by Crippen LogP contribution is 2.43. The summed E-state index contributed by atoms with van der Waals surface area (Å²) in [6.45, 7) is 7.42. The van der Waals surface area contributed by atoms with Gasteiger partial charge in [-0.05, 0) is 42.2 Å². The number of aromatic nitrogens is 1. The molecule has 0 aliphatic heterocycles. The topological polar surface area (TPSA) is 44.9 Å². The molecular weight excluding hydrogens is 284 g/mol. The maximum Gasteiger partial charge on any atom is 0.223 e. The summed E-state index contributed by atoms with van der Waals surface area (Å²) in [5.41, 5.74) is 2.55. The number of hydrogen-bond acceptors (Lipinski definition) is 1. The number of carbonyl (C=O) groups excluding carboxylic acids is 1. The molecule has 2 N–H and O–H groups in total. The van der Waals surface area contributed by atoms with Gasteiger partial charge in [-0.1, -0.05) is 45.4 Å². The highest BCUT2D eigenvalue weighted by atomic mass is 16.1. The van der Waals surface area contributed by atoms with E-state index in [1.54, 1.807) is 0 Å². The highest BCUT2D eigenvalue weighted by molar-refractivity contribution is 5.83. The Morgan fingerprint density at radius 3 is 2.91 bits per heavy atom. The van der Waals surface area contributed by atoms with Gasteiger partial charge in [0.2, 0.25) is 5.91 Å². The number of fused-ring (bicyclic) bond motifs is 1. The Hall–Kier alpha value is -1.77. The van der Waals surface area contributed by atoms with Crippen LogP contribution in [0.15, 0.2) is 30.5 Å². The predicted octanol–water partition coefficient (Wildman–Crippen LogP) is 4.29. The second-order valence-electron chi connectivity index (χ2n) is 7.74. The van der Waals surface area contributed by atoms with Crippen LogP contribution in [0.2, 0.25) is 0 Å². The Morgan fingerprint density at radius 2 is 2.13 bits per heavy atom. The van der Waals surface area contributed by atoms with Gasteiger partial charge in [0.15, 0.2) is 0 Å². The molecular formula is C20H28N2O. The summed E-state index contributed by atoms with van der Waals surface area (Å²) >= 11 is 0. The number of hydrogen-bond donors (Lipinski definition) is 2. The highest BCUT2D eigenvalue weighted by Gasteiger charge is 2.41. The number of carbonyl (C=O) groups is 1. The molecule has 0 saturated heterocycles. The first-order valence-corrected chi connectivity index (χ1v) is 8.82. The van der Waals surface area contributed by atoms with E-state index in [0.717, 1.165) is 18.4 Å². The van der Waals surface area contributed by atoms with Crippen molar-refractivity contribution in [2.24, 2.45) is 17.3 Å². The zero-order valence-electron chi connectivity index (χ0n) is 14.5. The largest absolute Gasteiger partial charge is 0.361 e. The van der Waals surface area contributed by atoms with E-state index < -0.39 is 0 Å². The second-order valence-corrected chi connectivity index (χ2v) is 7.74. The number of nitrogens with one attached hydrogen (secondary N) is 2. The molecule has 23 heavy (non-hydrogen) atoms. The van der Waals surface area contributed by atoms with Crippen LogP contribution in [0.5, 0.6) is 0 Å². The quantitative estimate of drug-likeness (QED) is 0.869. The van der Waals surface area contributed by atoms with E-state index in [0.29, 0.717) is 12.5 Å². The third kappa shape index (κ3) is 3.29. The lowest BCUT2D eigenvalue weighted by atomic mass is 9.64. The number of amides is 1. The van der Waals surface area contributed by atoms with Gasteiger partial charge in [0.1, 0.15) is 0 Å². The first-order chi connectivity index (χ1) is 11.0. The van der Waals surface area contributed by atoms with E-state index in [9.17, 15) is 4.79 Å². The number of H-pyrrole nitrogens is 1. The normalized spacial score (nSPS) is 23.8. The van der Waals surface area contributed by atoms with E-state index in [1.165, 1.54) is 23.8 Å². The fraction of sp³-hybridized carbons (Fsp3) is 0.550. The van der Waals surface area contributed by atoms with Crippen molar-refractivity contribution in [3.63, 3.8) is 0 Å². The van der Waals surface area contributed by atoms with Crippen LogP contribution in [0.25, 0.3) is 10.9 Å². The van der Waals surface area contributed by atoms with Crippen LogP contribution >= 0.6 is 0 Å². The van der Waals surface area contributed by atoms with Gasteiger partial charge in [0, 0.05) is 29.6 Å². The summed E-state index contributed by atoms with van der Waals surface area (Å²) in [5, 5.41) is 4.45. The number of rotatable bonds is 4. The van der Waals surface area contributed by atoms with E-state index in [1.807, 2.05) is 6.07 Å². The summed E-state index contributed by atoms with van der Waals surface area (Å²) in [5.74, 6) is 0.855. The van der Waals surface area contributed by atoms with Crippen LogP contribution in [0, 0.1) is 17.3 Å². The van der Waals surface area contributed by atoms with E-state index >= 15 is 0 Å². The Labute approximate surface area is 138 Å². The van der Waals surface area contributed by atoms with Gasteiger partial charge in [-0.2, -0.15) is 0 Å². The number of para-hydroxylation sites is 1. The minimum Gasteiger partial charge on any atom is -0.361 e. The van der Waals surface area contributed by atoms with Crippen LogP contribution < -0.4 is 5.32 Å². The summed E-state index contributed by atoms with van der Waals surface area (Å²) in [7, 11) is 0. The molecule has 1 aromatic heterocycles. The molecule has 1 aliphatic rings. The third-order valence-electron chi connectivity index (χ3n) is 5.54. The second kappa shape index (κ2) is 6.38. The Morgan fingerprint density at radius 1 is 1.35 bits per heavy atom. The predicted molar refractivity (Wildman–Crippen MR) is 95.3 cm³/mol. The van der Waals surface area contributed by atoms with Gasteiger partial charge < -0.3 is 10.3 Å². The molecule has 2 atom stereocenters. The summed E-state index contributed by atoms with van der Waals surface area (Å²) in [6, 6.07) is 8.32. The van der Waals surface area contributed by atoms with Crippen molar-refractivity contribution < 1.29 is 4.79 Å². The van der Waals surface area contributed by atoms with E-state index in [4.69, 9.17) is 0 Å². The van der Waals surface area contributed by atoms with Crippen molar-refractivity contribution >= 4 is 16.8 Å². The van der Waals surface area contributed by atoms with Crippen LogP contribution in [0.3, 0.4) is 0 Å². The van der Waals surface area contributed by atoms with Crippen molar-refractivity contribution in [3.8, 4) is 0 Å². The van der Waals surface area contributed by atoms with Crippen LogP contribution in [-0.2, 0) is 11.2 Å². The van der Waals surface area contributed by atoms with Crippen molar-refractivity contribution in [1.82, 2.24) is 10.3 Å². The van der Waals surface area contributed by atoms with Crippen LogP contribution in [-0.4, -0.2) is 17.4 Å². The smallest absolute Gasteiger partial charge is 0.223 e. The molecule has 1 aliphatic carbocycles. The SMILES string of the molecule is CC1CCCC(C)(C)C1C(=O)NCCc1c[nH]c2ccccc12. The van der Waals surface area contributed by atoms with Gasteiger partial charge >= 0.3 is 0 Å². The van der Waals surface area contributed by atoms with Crippen molar-refractivity contribution in [2.45, 2.75) is 46.5 Å². The molecule has 0 spiro atoms. The molecule has 1 amide bonds. The first kappa shape index (κ1) is 16.1. The lowest BCUT2D eigenvalue weighted by Gasteiger charge is -2.41. The van der Waals surface area contributed by atoms with Crippen LogP contribution in [0.4, 0.5) is 0 Å². The summed E-state index contributed by atoms with van der Waals surface area (Å²) < 4.78 is 0. The zero-order chi connectivity index (χ0) is 16.4. The van der Waals surface area contributed by atoms with Gasteiger partial charge in [-0.3, -0.25) is 4.79 Å². The molecule has 3 rings (SSSR count). The Kier molecular flexibility index (Phi) is 4.47. The average Bonchev–Trinajstić information content (AvgIpc) is 2.90. The summed E-state index contributed by atoms with van der Waals surface area (Å²) in [6.07, 6.45) is 6.50. The first-order valence-electron chi connectivity index (χ1n) is 8.82. The Balaban J connectivity index is 1.61. The molecule has 0 radical (unpaired) electrons. The minimum absolute atomic E-state index is 0.114. The number of benzene rings is 1. The maximum absolute atomic E-state index is 12.7. The average molecular weight is 312 g/mol. The fourth-order valence-electron chi connectivity index (χ4n) is 4.35. The van der Waals surface area contributed by atoms with Crippen molar-refractivity contribution in [3.05, 3.63) is 36.0 Å². The van der Waals surface area contributed by atoms with Gasteiger partial charge in [0.25, 0.3) is 0 Å². The molecule has 3 heteroatoms. The molecule has 1 saturated carbocycles. The lowest BCUT2D eigenvalue weighted by molar-refractivity contribution is -0.132. The third-order valence-corrected chi connectivity index (χ3v) is 5.54. The van der Waals surface area contributed by atoms with Gasteiger partial charge in [-0.25, -0.2) is 0 Å². The molecule has 1 aromatic carbocycles. The van der Waals surface area contributed by atoms with Crippen molar-refractivity contribution in [2.75, 3.05) is 6.54 Å². The van der Waals surface area contributed by atoms with E-state index in [2.05, 4.69) is 55.5 Å². The summed E-state index contributed by atoms with van der Waals surface area (Å²) in [4.78, 5) is 16.0. The molecule has 2 unspecified atom stereocenters. The van der Waals surface area contributed by atoms with Crippen molar-refractivity contribution in [1.29, 1.82) is 0 Å². The molecule has 0 bridgehead atoms. The molecule has 3 nitrogen and oxygen atoms in total. The fourth-order valence-corrected chi connectivity index (χ4v) is 4.35. The van der Waals surface area contributed by atoms with Crippen LogP contribution in [0.1, 0.15) is 45.6 Å². The molecule has 1 heterocycles. The molecule has 2 aromatic rings. The van der Waals surface area contributed by atoms with Gasteiger partial charge in [0.05, 0.1) is 0 Å². The number of aromatic amines is 1. The van der Waals surface area contributed by atoms with E-state index in [-0.39, 0.29) is 17.2 Å². The lowest BCUT2D eigenvalue weighted by Crippen LogP contribution is -2.45. The zero-order valence-corrected chi connectivity index (χ0v) is 14.5. The molecule has 124 valence electrons. The minimum atomic E-state index is 0.114. The monoisotopic (exact) mass is 312 g/mol. The van der Waals surface area contributed by atoms with Gasteiger partial charge in [-0.15, -0.1) is 0 Å². The molecule has 1 fully saturated rings. The standard InChI is InChI=1S/C20H28N2O/c1-14-7-6-11-20(2,3)18(14)19(23)21-12-10-15-13-22-17-9-5-4-8-16(15)17/h4-5,8-9,13-14,18,22H,6-7,10-12H2,1-3H3,(H,21,23). The Bertz CT molecular complexity index is 686. The maximum atomic E-state index is 12.7.